The minimum absolute atomic E-state index is 0.0975. The zero-order valence-electron chi connectivity index (χ0n) is 16.8. The lowest BCUT2D eigenvalue weighted by Gasteiger charge is -2.09. The van der Waals surface area contributed by atoms with E-state index in [1.165, 1.54) is 10.7 Å². The van der Waals surface area contributed by atoms with Crippen molar-refractivity contribution in [2.75, 3.05) is 18.4 Å². The molecular weight excluding hydrogens is 386 g/mol. The molecule has 1 heterocycles. The number of rotatable bonds is 9. The molecule has 0 bridgehead atoms. The standard InChI is InChI=1S/C21H25N5O4/c1-2-18(27)24-16-7-5-15(6-8-16)21(30)23-12-11-22-19(28)13-26-20(29)10-9-17(25-26)14-3-4-14/h5-10,14H,2-4,11-13H2,1H3,(H,22,28)(H,23,30)(H,24,27). The summed E-state index contributed by atoms with van der Waals surface area (Å²) in [5.41, 5.74) is 1.60. The Kier molecular flexibility index (Phi) is 6.95. The van der Waals surface area contributed by atoms with Crippen LogP contribution < -0.4 is 21.5 Å². The van der Waals surface area contributed by atoms with Crippen molar-refractivity contribution in [1.29, 1.82) is 0 Å². The lowest BCUT2D eigenvalue weighted by Crippen LogP contribution is -2.38. The van der Waals surface area contributed by atoms with Crippen LogP contribution in [-0.2, 0) is 16.1 Å². The third-order valence-electron chi connectivity index (χ3n) is 4.66. The minimum Gasteiger partial charge on any atom is -0.353 e. The van der Waals surface area contributed by atoms with Crippen molar-refractivity contribution in [2.24, 2.45) is 0 Å². The summed E-state index contributed by atoms with van der Waals surface area (Å²) in [5.74, 6) is -0.331. The summed E-state index contributed by atoms with van der Waals surface area (Å²) >= 11 is 0. The molecular formula is C21H25N5O4. The molecule has 1 aliphatic carbocycles. The molecule has 3 rings (SSSR count). The fourth-order valence-corrected chi connectivity index (χ4v) is 2.80. The Balaban J connectivity index is 1.40. The number of hydrogen-bond donors (Lipinski definition) is 3. The first-order chi connectivity index (χ1) is 14.5. The van der Waals surface area contributed by atoms with Gasteiger partial charge >= 0.3 is 0 Å². The van der Waals surface area contributed by atoms with E-state index in [4.69, 9.17) is 0 Å². The van der Waals surface area contributed by atoms with Gasteiger partial charge in [0.25, 0.3) is 11.5 Å². The molecule has 0 atom stereocenters. The van der Waals surface area contributed by atoms with E-state index in [1.807, 2.05) is 0 Å². The van der Waals surface area contributed by atoms with Crippen LogP contribution in [0.3, 0.4) is 0 Å². The van der Waals surface area contributed by atoms with E-state index in [9.17, 15) is 19.2 Å². The van der Waals surface area contributed by atoms with E-state index >= 15 is 0 Å². The van der Waals surface area contributed by atoms with E-state index in [-0.39, 0.29) is 42.9 Å². The summed E-state index contributed by atoms with van der Waals surface area (Å²) in [4.78, 5) is 47.5. The van der Waals surface area contributed by atoms with Gasteiger partial charge in [-0.2, -0.15) is 5.10 Å². The van der Waals surface area contributed by atoms with Gasteiger partial charge in [0.2, 0.25) is 11.8 Å². The van der Waals surface area contributed by atoms with Crippen molar-refractivity contribution in [3.05, 3.63) is 58.0 Å². The van der Waals surface area contributed by atoms with Gasteiger partial charge in [-0.3, -0.25) is 19.2 Å². The highest BCUT2D eigenvalue weighted by atomic mass is 16.2. The Hall–Kier alpha value is -3.49. The van der Waals surface area contributed by atoms with Gasteiger partial charge in [0, 0.05) is 42.7 Å². The van der Waals surface area contributed by atoms with E-state index in [0.29, 0.717) is 23.6 Å². The van der Waals surface area contributed by atoms with Crippen molar-refractivity contribution in [2.45, 2.75) is 38.6 Å². The first-order valence-corrected chi connectivity index (χ1v) is 9.99. The highest BCUT2D eigenvalue weighted by Gasteiger charge is 2.25. The number of aromatic nitrogens is 2. The maximum absolute atomic E-state index is 12.2. The second kappa shape index (κ2) is 9.82. The average Bonchev–Trinajstić information content (AvgIpc) is 3.58. The molecule has 158 valence electrons. The topological polar surface area (TPSA) is 122 Å². The molecule has 9 nitrogen and oxygen atoms in total. The highest BCUT2D eigenvalue weighted by molar-refractivity contribution is 5.95. The zero-order chi connectivity index (χ0) is 21.5. The molecule has 0 unspecified atom stereocenters. The SMILES string of the molecule is CCC(=O)Nc1ccc(C(=O)NCCNC(=O)Cn2nc(C3CC3)ccc2=O)cc1. The molecule has 1 aliphatic rings. The Morgan fingerprint density at radius 1 is 1.00 bits per heavy atom. The second-order valence-corrected chi connectivity index (χ2v) is 7.11. The molecule has 9 heteroatoms. The number of hydrogen-bond acceptors (Lipinski definition) is 5. The average molecular weight is 411 g/mol. The first kappa shape index (κ1) is 21.2. The second-order valence-electron chi connectivity index (χ2n) is 7.11. The van der Waals surface area contributed by atoms with Crippen molar-refractivity contribution >= 4 is 23.4 Å². The van der Waals surface area contributed by atoms with Crippen LogP contribution in [0.1, 0.15) is 48.2 Å². The minimum atomic E-state index is -0.345. The Morgan fingerprint density at radius 2 is 1.70 bits per heavy atom. The summed E-state index contributed by atoms with van der Waals surface area (Å²) in [7, 11) is 0. The van der Waals surface area contributed by atoms with E-state index in [2.05, 4.69) is 21.0 Å². The normalized spacial score (nSPS) is 12.8. The third kappa shape index (κ3) is 6.00. The number of nitrogens with one attached hydrogen (secondary N) is 3. The quantitative estimate of drug-likeness (QED) is 0.532. The smallest absolute Gasteiger partial charge is 0.267 e. The zero-order valence-corrected chi connectivity index (χ0v) is 16.8. The number of nitrogens with zero attached hydrogens (tertiary/aromatic N) is 2. The van der Waals surface area contributed by atoms with E-state index < -0.39 is 0 Å². The summed E-state index contributed by atoms with van der Waals surface area (Å²) in [6.07, 6.45) is 2.50. The van der Waals surface area contributed by atoms with Crippen molar-refractivity contribution in [1.82, 2.24) is 20.4 Å². The van der Waals surface area contributed by atoms with Gasteiger partial charge in [-0.1, -0.05) is 6.92 Å². The van der Waals surface area contributed by atoms with Crippen LogP contribution in [0.4, 0.5) is 5.69 Å². The van der Waals surface area contributed by atoms with Crippen LogP contribution in [0, 0.1) is 0 Å². The van der Waals surface area contributed by atoms with Gasteiger partial charge in [-0.05, 0) is 43.2 Å². The Labute approximate surface area is 173 Å². The van der Waals surface area contributed by atoms with Crippen LogP contribution in [0.15, 0.2) is 41.2 Å². The maximum Gasteiger partial charge on any atom is 0.267 e. The van der Waals surface area contributed by atoms with Gasteiger partial charge in [-0.15, -0.1) is 0 Å². The van der Waals surface area contributed by atoms with Gasteiger partial charge in [0.1, 0.15) is 6.54 Å². The van der Waals surface area contributed by atoms with Crippen molar-refractivity contribution in [3.8, 4) is 0 Å². The fourth-order valence-electron chi connectivity index (χ4n) is 2.80. The van der Waals surface area contributed by atoms with Gasteiger partial charge in [0.15, 0.2) is 0 Å². The van der Waals surface area contributed by atoms with Crippen LogP contribution >= 0.6 is 0 Å². The summed E-state index contributed by atoms with van der Waals surface area (Å²) in [5, 5.41) is 12.3. The molecule has 3 N–H and O–H groups in total. The fraction of sp³-hybridized carbons (Fsp3) is 0.381. The first-order valence-electron chi connectivity index (χ1n) is 9.99. The molecule has 0 aliphatic heterocycles. The van der Waals surface area contributed by atoms with Crippen LogP contribution in [0.5, 0.6) is 0 Å². The third-order valence-corrected chi connectivity index (χ3v) is 4.66. The molecule has 30 heavy (non-hydrogen) atoms. The molecule has 1 fully saturated rings. The van der Waals surface area contributed by atoms with Crippen molar-refractivity contribution in [3.63, 3.8) is 0 Å². The van der Waals surface area contributed by atoms with Gasteiger partial charge in [-0.25, -0.2) is 4.68 Å². The number of anilines is 1. The number of benzene rings is 1. The predicted molar refractivity (Wildman–Crippen MR) is 111 cm³/mol. The summed E-state index contributed by atoms with van der Waals surface area (Å²) in [6, 6.07) is 9.70. The largest absolute Gasteiger partial charge is 0.353 e. The van der Waals surface area contributed by atoms with E-state index in [1.54, 1.807) is 37.3 Å². The molecule has 1 saturated carbocycles. The van der Waals surface area contributed by atoms with E-state index in [0.717, 1.165) is 18.5 Å². The van der Waals surface area contributed by atoms with Gasteiger partial charge < -0.3 is 16.0 Å². The van der Waals surface area contributed by atoms with Crippen LogP contribution in [-0.4, -0.2) is 40.6 Å². The number of carbonyl (C=O) groups excluding carboxylic acids is 3. The lowest BCUT2D eigenvalue weighted by atomic mass is 10.2. The van der Waals surface area contributed by atoms with Crippen molar-refractivity contribution < 1.29 is 14.4 Å². The number of amides is 3. The molecule has 2 aromatic rings. The molecule has 0 radical (unpaired) electrons. The number of carbonyl (C=O) groups is 3. The van der Waals surface area contributed by atoms with Gasteiger partial charge in [0.05, 0.1) is 5.69 Å². The molecule has 3 amide bonds. The monoisotopic (exact) mass is 411 g/mol. The Bertz CT molecular complexity index is 980. The lowest BCUT2D eigenvalue weighted by molar-refractivity contribution is -0.122. The molecule has 0 saturated heterocycles. The summed E-state index contributed by atoms with van der Waals surface area (Å²) in [6.45, 7) is 2.07. The maximum atomic E-state index is 12.2. The molecule has 1 aromatic carbocycles. The molecule has 0 spiro atoms. The molecule has 1 aromatic heterocycles. The Morgan fingerprint density at radius 3 is 2.37 bits per heavy atom. The van der Waals surface area contributed by atoms with Crippen LogP contribution in [0.25, 0.3) is 0 Å². The highest BCUT2D eigenvalue weighted by Crippen LogP contribution is 2.38. The summed E-state index contributed by atoms with van der Waals surface area (Å²) < 4.78 is 1.17. The van der Waals surface area contributed by atoms with Crippen LogP contribution in [0.2, 0.25) is 0 Å². The predicted octanol–water partition coefficient (Wildman–Crippen LogP) is 1.02.